The minimum absolute atomic E-state index is 0. The topological polar surface area (TPSA) is 52.7 Å². The zero-order valence-electron chi connectivity index (χ0n) is 15.0. The Bertz CT molecular complexity index is 616. The third-order valence-electron chi connectivity index (χ3n) is 5.05. The number of para-hydroxylation sites is 1. The summed E-state index contributed by atoms with van der Waals surface area (Å²) in [6.07, 6.45) is 4.14. The van der Waals surface area contributed by atoms with Gasteiger partial charge < -0.3 is 15.1 Å². The highest BCUT2D eigenvalue weighted by molar-refractivity contribution is 6.05. The second-order valence-corrected chi connectivity index (χ2v) is 7.01. The lowest BCUT2D eigenvalue weighted by molar-refractivity contribution is -0.119. The molecule has 2 amide bonds. The number of nitrogens with zero attached hydrogens (tertiary/aromatic N) is 2. The van der Waals surface area contributed by atoms with Crippen molar-refractivity contribution in [2.24, 2.45) is 11.8 Å². The lowest BCUT2D eigenvalue weighted by Gasteiger charge is -2.33. The third-order valence-corrected chi connectivity index (χ3v) is 5.05. The van der Waals surface area contributed by atoms with E-state index in [1.165, 1.54) is 0 Å². The number of nitrogens with one attached hydrogen (secondary N) is 1. The van der Waals surface area contributed by atoms with Crippen LogP contribution in [0, 0.1) is 11.8 Å². The van der Waals surface area contributed by atoms with Crippen molar-refractivity contribution in [1.29, 1.82) is 0 Å². The molecular formula is C19H28ClN3O2. The number of carbonyl (C=O) groups is 2. The summed E-state index contributed by atoms with van der Waals surface area (Å²) < 4.78 is 0. The summed E-state index contributed by atoms with van der Waals surface area (Å²) in [5.41, 5.74) is 1.37. The molecule has 1 aliphatic heterocycles. The van der Waals surface area contributed by atoms with E-state index >= 15 is 0 Å². The molecule has 1 unspecified atom stereocenters. The van der Waals surface area contributed by atoms with Gasteiger partial charge in [0.1, 0.15) is 0 Å². The lowest BCUT2D eigenvalue weighted by atomic mass is 9.97. The molecule has 1 saturated carbocycles. The van der Waals surface area contributed by atoms with Gasteiger partial charge >= 0.3 is 0 Å². The fraction of sp³-hybridized carbons (Fsp3) is 0.579. The van der Waals surface area contributed by atoms with E-state index in [2.05, 4.69) is 5.32 Å². The first-order valence-corrected chi connectivity index (χ1v) is 8.92. The Hall–Kier alpha value is -1.59. The van der Waals surface area contributed by atoms with Crippen LogP contribution in [-0.2, 0) is 4.79 Å². The molecule has 3 rings (SSSR count). The summed E-state index contributed by atoms with van der Waals surface area (Å²) in [6, 6.07) is 7.49. The van der Waals surface area contributed by atoms with E-state index in [0.29, 0.717) is 11.5 Å². The number of hydrogen-bond acceptors (Lipinski definition) is 3. The Morgan fingerprint density at radius 1 is 1.24 bits per heavy atom. The highest BCUT2D eigenvalue weighted by Gasteiger charge is 2.34. The molecule has 1 saturated heterocycles. The van der Waals surface area contributed by atoms with E-state index < -0.39 is 0 Å². The minimum atomic E-state index is 0. The summed E-state index contributed by atoms with van der Waals surface area (Å²) in [5.74, 6) is 0.822. The normalized spacial score (nSPS) is 19.9. The molecule has 2 fully saturated rings. The van der Waals surface area contributed by atoms with Crippen molar-refractivity contribution in [1.82, 2.24) is 10.2 Å². The smallest absolute Gasteiger partial charge is 0.255 e. The number of piperidine rings is 1. The SMILES string of the molecule is CNCC1CCCN(C(=O)c2ccccc2N(C)C(=O)C2CC2)C1.Cl. The van der Waals surface area contributed by atoms with Gasteiger partial charge in [0.2, 0.25) is 5.91 Å². The first-order valence-electron chi connectivity index (χ1n) is 8.92. The Kier molecular flexibility index (Phi) is 6.85. The minimum Gasteiger partial charge on any atom is -0.338 e. The molecule has 6 heteroatoms. The molecule has 0 radical (unpaired) electrons. The Morgan fingerprint density at radius 2 is 1.96 bits per heavy atom. The highest BCUT2D eigenvalue weighted by atomic mass is 35.5. The van der Waals surface area contributed by atoms with E-state index in [1.807, 2.05) is 36.2 Å². The van der Waals surface area contributed by atoms with Gasteiger partial charge in [-0.3, -0.25) is 9.59 Å². The van der Waals surface area contributed by atoms with E-state index in [-0.39, 0.29) is 30.1 Å². The molecular weight excluding hydrogens is 338 g/mol. The molecule has 1 heterocycles. The van der Waals surface area contributed by atoms with Crippen LogP contribution in [0.1, 0.15) is 36.0 Å². The zero-order valence-corrected chi connectivity index (χ0v) is 15.8. The van der Waals surface area contributed by atoms with Crippen LogP contribution in [0.3, 0.4) is 0 Å². The van der Waals surface area contributed by atoms with Crippen LogP contribution in [-0.4, -0.2) is 50.4 Å². The molecule has 0 spiro atoms. The quantitative estimate of drug-likeness (QED) is 0.872. The monoisotopic (exact) mass is 365 g/mol. The first-order chi connectivity index (χ1) is 11.6. The van der Waals surface area contributed by atoms with Crippen molar-refractivity contribution < 1.29 is 9.59 Å². The second-order valence-electron chi connectivity index (χ2n) is 7.01. The predicted molar refractivity (Wildman–Crippen MR) is 102 cm³/mol. The van der Waals surface area contributed by atoms with Gasteiger partial charge in [-0.1, -0.05) is 12.1 Å². The molecule has 138 valence electrons. The largest absolute Gasteiger partial charge is 0.338 e. The average Bonchev–Trinajstić information content (AvgIpc) is 3.45. The van der Waals surface area contributed by atoms with Crippen molar-refractivity contribution in [3.8, 4) is 0 Å². The fourth-order valence-corrected chi connectivity index (χ4v) is 3.54. The molecule has 1 atom stereocenters. The van der Waals surface area contributed by atoms with Gasteiger partial charge in [0.15, 0.2) is 0 Å². The standard InChI is InChI=1S/C19H27N3O2.ClH/c1-20-12-14-6-5-11-22(13-14)19(24)16-7-3-4-8-17(16)21(2)18(23)15-9-10-15;/h3-4,7-8,14-15,20H,5-6,9-13H2,1-2H3;1H. The number of rotatable bonds is 5. The van der Waals surface area contributed by atoms with Crippen molar-refractivity contribution in [3.05, 3.63) is 29.8 Å². The number of amides is 2. The van der Waals surface area contributed by atoms with E-state index in [1.54, 1.807) is 11.9 Å². The molecule has 25 heavy (non-hydrogen) atoms. The Labute approximate surface area is 156 Å². The van der Waals surface area contributed by atoms with E-state index in [9.17, 15) is 9.59 Å². The van der Waals surface area contributed by atoms with Crippen LogP contribution < -0.4 is 10.2 Å². The molecule has 1 N–H and O–H groups in total. The summed E-state index contributed by atoms with van der Waals surface area (Å²) in [6.45, 7) is 2.52. The van der Waals surface area contributed by atoms with Gasteiger partial charge in [-0.2, -0.15) is 0 Å². The maximum atomic E-state index is 13.1. The predicted octanol–water partition coefficient (Wildman–Crippen LogP) is 2.55. The Morgan fingerprint density at radius 3 is 2.64 bits per heavy atom. The summed E-state index contributed by atoms with van der Waals surface area (Å²) in [4.78, 5) is 29.0. The van der Waals surface area contributed by atoms with Gasteiger partial charge in [-0.15, -0.1) is 12.4 Å². The van der Waals surface area contributed by atoms with E-state index in [0.717, 1.165) is 51.0 Å². The maximum absolute atomic E-state index is 13.1. The fourth-order valence-electron chi connectivity index (χ4n) is 3.54. The van der Waals surface area contributed by atoms with Gasteiger partial charge in [0, 0.05) is 26.1 Å². The number of hydrogen-bond donors (Lipinski definition) is 1. The Balaban J connectivity index is 0.00000225. The molecule has 0 aromatic heterocycles. The summed E-state index contributed by atoms with van der Waals surface area (Å²) >= 11 is 0. The molecule has 1 aromatic carbocycles. The van der Waals surface area contributed by atoms with Crippen LogP contribution in [0.5, 0.6) is 0 Å². The second kappa shape index (κ2) is 8.68. The maximum Gasteiger partial charge on any atom is 0.255 e. The molecule has 2 aliphatic rings. The molecule has 1 aromatic rings. The van der Waals surface area contributed by atoms with E-state index in [4.69, 9.17) is 0 Å². The number of halogens is 1. The van der Waals surface area contributed by atoms with Gasteiger partial charge in [-0.05, 0) is 57.3 Å². The summed E-state index contributed by atoms with van der Waals surface area (Å²) in [7, 11) is 3.74. The third kappa shape index (κ3) is 4.53. The van der Waals surface area contributed by atoms with Gasteiger partial charge in [0.05, 0.1) is 11.3 Å². The van der Waals surface area contributed by atoms with Crippen LogP contribution in [0.15, 0.2) is 24.3 Å². The number of carbonyl (C=O) groups excluding carboxylic acids is 2. The number of benzene rings is 1. The molecule has 1 aliphatic carbocycles. The van der Waals surface area contributed by atoms with Crippen molar-refractivity contribution in [3.63, 3.8) is 0 Å². The lowest BCUT2D eigenvalue weighted by Crippen LogP contribution is -2.43. The van der Waals surface area contributed by atoms with Crippen LogP contribution >= 0.6 is 12.4 Å². The highest BCUT2D eigenvalue weighted by Crippen LogP contribution is 2.33. The van der Waals surface area contributed by atoms with Crippen LogP contribution in [0.2, 0.25) is 0 Å². The zero-order chi connectivity index (χ0) is 17.1. The van der Waals surface area contributed by atoms with Crippen molar-refractivity contribution in [2.75, 3.05) is 38.6 Å². The summed E-state index contributed by atoms with van der Waals surface area (Å²) in [5, 5.41) is 3.21. The van der Waals surface area contributed by atoms with Crippen molar-refractivity contribution >= 4 is 29.9 Å². The van der Waals surface area contributed by atoms with Crippen LogP contribution in [0.25, 0.3) is 0 Å². The average molecular weight is 366 g/mol. The first kappa shape index (κ1) is 19.7. The number of anilines is 1. The molecule has 5 nitrogen and oxygen atoms in total. The van der Waals surface area contributed by atoms with Gasteiger partial charge in [0.25, 0.3) is 5.91 Å². The van der Waals surface area contributed by atoms with Crippen LogP contribution in [0.4, 0.5) is 5.69 Å². The number of likely N-dealkylation sites (tertiary alicyclic amines) is 1. The molecule has 0 bridgehead atoms. The van der Waals surface area contributed by atoms with Crippen molar-refractivity contribution in [2.45, 2.75) is 25.7 Å². The van der Waals surface area contributed by atoms with Gasteiger partial charge in [-0.25, -0.2) is 0 Å².